The molecule has 30 heavy (non-hydrogen) atoms. The van der Waals surface area contributed by atoms with Crippen LogP contribution in [0.1, 0.15) is 38.8 Å². The normalized spacial score (nSPS) is 10.8. The third-order valence-corrected chi connectivity index (χ3v) is 5.17. The number of amides is 1. The number of Topliss-reactive ketones (excluding diaryl/α,β-unsaturated/α-hetero) is 1. The van der Waals surface area contributed by atoms with Gasteiger partial charge in [0, 0.05) is 48.1 Å². The smallest absolute Gasteiger partial charge is 0.253 e. The fourth-order valence-electron chi connectivity index (χ4n) is 3.56. The molecule has 0 unspecified atom stereocenters. The van der Waals surface area contributed by atoms with Gasteiger partial charge in [-0.05, 0) is 36.6 Å². The van der Waals surface area contributed by atoms with E-state index in [1.165, 1.54) is 0 Å². The zero-order valence-electron chi connectivity index (χ0n) is 16.8. The van der Waals surface area contributed by atoms with Crippen molar-refractivity contribution in [1.82, 2.24) is 14.9 Å². The van der Waals surface area contributed by atoms with E-state index in [4.69, 9.17) is 0 Å². The van der Waals surface area contributed by atoms with E-state index >= 15 is 0 Å². The molecular weight excluding hydrogens is 374 g/mol. The first kappa shape index (κ1) is 19.6. The second-order valence-electron chi connectivity index (χ2n) is 7.31. The van der Waals surface area contributed by atoms with Gasteiger partial charge in [-0.3, -0.25) is 14.6 Å². The minimum atomic E-state index is -0.0826. The lowest BCUT2D eigenvalue weighted by molar-refractivity contribution is 0.0954. The number of rotatable bonds is 7. The van der Waals surface area contributed by atoms with Crippen LogP contribution >= 0.6 is 0 Å². The van der Waals surface area contributed by atoms with Crippen LogP contribution < -0.4 is 5.32 Å². The summed E-state index contributed by atoms with van der Waals surface area (Å²) in [5.41, 5.74) is 4.53. The summed E-state index contributed by atoms with van der Waals surface area (Å²) in [6.07, 6.45) is 6.20. The van der Waals surface area contributed by atoms with E-state index < -0.39 is 0 Å². The Kier molecular flexibility index (Phi) is 5.70. The lowest BCUT2D eigenvalue weighted by atomic mass is 10.1. The quantitative estimate of drug-likeness (QED) is 0.474. The van der Waals surface area contributed by atoms with E-state index in [1.54, 1.807) is 13.1 Å². The minimum Gasteiger partial charge on any atom is -0.352 e. The van der Waals surface area contributed by atoms with Crippen molar-refractivity contribution in [3.05, 3.63) is 102 Å². The second-order valence-corrected chi connectivity index (χ2v) is 7.31. The molecule has 5 nitrogen and oxygen atoms in total. The van der Waals surface area contributed by atoms with E-state index in [2.05, 4.69) is 14.9 Å². The van der Waals surface area contributed by atoms with Gasteiger partial charge in [0.1, 0.15) is 0 Å². The molecule has 0 aliphatic rings. The highest BCUT2D eigenvalue weighted by Crippen LogP contribution is 2.22. The second kappa shape index (κ2) is 8.74. The van der Waals surface area contributed by atoms with Gasteiger partial charge in [-0.1, -0.05) is 48.5 Å². The van der Waals surface area contributed by atoms with Crippen LogP contribution in [0, 0.1) is 0 Å². The summed E-state index contributed by atoms with van der Waals surface area (Å²) in [5, 5.41) is 3.95. The molecule has 0 saturated carbocycles. The predicted molar refractivity (Wildman–Crippen MR) is 118 cm³/mol. The number of para-hydroxylation sites is 1. The van der Waals surface area contributed by atoms with E-state index in [9.17, 15) is 9.59 Å². The van der Waals surface area contributed by atoms with E-state index in [1.807, 2.05) is 73.1 Å². The first-order chi connectivity index (χ1) is 14.6. The number of ketones is 1. The highest BCUT2D eigenvalue weighted by Gasteiger charge is 2.15. The third-order valence-electron chi connectivity index (χ3n) is 5.17. The molecule has 1 amide bonds. The van der Waals surface area contributed by atoms with Crippen LogP contribution in [0.3, 0.4) is 0 Å². The minimum absolute atomic E-state index is 0.0539. The zero-order valence-corrected chi connectivity index (χ0v) is 16.8. The van der Waals surface area contributed by atoms with Crippen molar-refractivity contribution in [2.45, 2.75) is 19.9 Å². The number of pyridine rings is 1. The highest BCUT2D eigenvalue weighted by molar-refractivity contribution is 6.07. The van der Waals surface area contributed by atoms with Crippen LogP contribution in [0.15, 0.2) is 79.3 Å². The molecule has 5 heteroatoms. The summed E-state index contributed by atoms with van der Waals surface area (Å²) in [4.78, 5) is 28.5. The van der Waals surface area contributed by atoms with E-state index in [-0.39, 0.29) is 11.7 Å². The van der Waals surface area contributed by atoms with Gasteiger partial charge >= 0.3 is 0 Å². The van der Waals surface area contributed by atoms with Crippen molar-refractivity contribution in [2.24, 2.45) is 0 Å². The number of fused-ring (bicyclic) bond motifs is 1. The van der Waals surface area contributed by atoms with Gasteiger partial charge in [0.25, 0.3) is 5.91 Å². The fraction of sp³-hybridized carbons (Fsp3) is 0.160. The SMILES string of the molecule is CC(=O)c1ccc(Cn2cc(C(=O)NCCc3cccnc3)c3ccccc32)cc1. The van der Waals surface area contributed by atoms with Gasteiger partial charge in [0.05, 0.1) is 5.56 Å². The van der Waals surface area contributed by atoms with Crippen LogP contribution in [-0.4, -0.2) is 27.8 Å². The van der Waals surface area contributed by atoms with Gasteiger partial charge in [0.2, 0.25) is 0 Å². The molecule has 0 spiro atoms. The van der Waals surface area contributed by atoms with Crippen molar-refractivity contribution < 1.29 is 9.59 Å². The molecule has 0 atom stereocenters. The number of benzene rings is 2. The van der Waals surface area contributed by atoms with E-state index in [0.29, 0.717) is 24.2 Å². The average molecular weight is 397 g/mol. The summed E-state index contributed by atoms with van der Waals surface area (Å²) in [5.74, 6) is -0.0287. The van der Waals surface area contributed by atoms with Gasteiger partial charge < -0.3 is 9.88 Å². The molecule has 0 aliphatic carbocycles. The van der Waals surface area contributed by atoms with Crippen molar-refractivity contribution in [1.29, 1.82) is 0 Å². The maximum atomic E-state index is 12.9. The molecule has 4 aromatic rings. The Morgan fingerprint density at radius 1 is 0.967 bits per heavy atom. The predicted octanol–water partition coefficient (Wildman–Crippen LogP) is 4.26. The summed E-state index contributed by atoms with van der Waals surface area (Å²) in [6.45, 7) is 2.74. The average Bonchev–Trinajstić information content (AvgIpc) is 3.13. The number of nitrogens with zero attached hydrogens (tertiary/aromatic N) is 2. The van der Waals surface area contributed by atoms with Crippen molar-refractivity contribution in [3.8, 4) is 0 Å². The van der Waals surface area contributed by atoms with Gasteiger partial charge in [0.15, 0.2) is 5.78 Å². The molecule has 2 heterocycles. The van der Waals surface area contributed by atoms with Crippen LogP contribution in [0.2, 0.25) is 0 Å². The van der Waals surface area contributed by atoms with Gasteiger partial charge in [-0.15, -0.1) is 0 Å². The molecule has 150 valence electrons. The van der Waals surface area contributed by atoms with Crippen LogP contribution in [0.25, 0.3) is 10.9 Å². The standard InChI is InChI=1S/C25H23N3O2/c1-18(29)21-10-8-20(9-11-21)16-28-17-23(22-6-2-3-7-24(22)28)25(30)27-14-12-19-5-4-13-26-15-19/h2-11,13,15,17H,12,14,16H2,1H3,(H,27,30). The molecule has 2 aromatic heterocycles. The number of carbonyl (C=O) groups excluding carboxylic acids is 2. The third kappa shape index (κ3) is 4.30. The topological polar surface area (TPSA) is 64.0 Å². The lowest BCUT2D eigenvalue weighted by Crippen LogP contribution is -2.25. The number of nitrogens with one attached hydrogen (secondary N) is 1. The molecule has 0 bridgehead atoms. The largest absolute Gasteiger partial charge is 0.352 e. The van der Waals surface area contributed by atoms with Crippen LogP contribution in [-0.2, 0) is 13.0 Å². The Balaban J connectivity index is 1.52. The molecule has 0 fully saturated rings. The summed E-state index contributed by atoms with van der Waals surface area (Å²) in [7, 11) is 0. The van der Waals surface area contributed by atoms with E-state index in [0.717, 1.165) is 28.5 Å². The molecule has 1 N–H and O–H groups in total. The molecule has 2 aromatic carbocycles. The van der Waals surface area contributed by atoms with Crippen molar-refractivity contribution >= 4 is 22.6 Å². The Morgan fingerprint density at radius 2 is 1.77 bits per heavy atom. The number of hydrogen-bond donors (Lipinski definition) is 1. The maximum Gasteiger partial charge on any atom is 0.253 e. The van der Waals surface area contributed by atoms with Crippen molar-refractivity contribution in [3.63, 3.8) is 0 Å². The Morgan fingerprint density at radius 3 is 2.50 bits per heavy atom. The molecule has 0 radical (unpaired) electrons. The highest BCUT2D eigenvalue weighted by atomic mass is 16.1. The Labute approximate surface area is 175 Å². The molecule has 0 aliphatic heterocycles. The van der Waals surface area contributed by atoms with Crippen LogP contribution in [0.4, 0.5) is 0 Å². The first-order valence-electron chi connectivity index (χ1n) is 9.96. The molecular formula is C25H23N3O2. The maximum absolute atomic E-state index is 12.9. The Bertz CT molecular complexity index is 1180. The van der Waals surface area contributed by atoms with Gasteiger partial charge in [-0.2, -0.15) is 0 Å². The Hall–Kier alpha value is -3.73. The zero-order chi connectivity index (χ0) is 20.9. The van der Waals surface area contributed by atoms with Crippen molar-refractivity contribution in [2.75, 3.05) is 6.54 Å². The molecule has 0 saturated heterocycles. The lowest BCUT2D eigenvalue weighted by Gasteiger charge is -2.06. The number of aromatic nitrogens is 2. The van der Waals surface area contributed by atoms with Gasteiger partial charge in [-0.25, -0.2) is 0 Å². The summed E-state index contributed by atoms with van der Waals surface area (Å²) < 4.78 is 2.08. The summed E-state index contributed by atoms with van der Waals surface area (Å²) in [6, 6.07) is 19.4. The molecule has 4 rings (SSSR count). The first-order valence-corrected chi connectivity index (χ1v) is 9.96. The van der Waals surface area contributed by atoms with Crippen LogP contribution in [0.5, 0.6) is 0 Å². The summed E-state index contributed by atoms with van der Waals surface area (Å²) >= 11 is 0. The number of carbonyl (C=O) groups is 2. The monoisotopic (exact) mass is 397 g/mol. The fourth-order valence-corrected chi connectivity index (χ4v) is 3.56. The number of hydrogen-bond acceptors (Lipinski definition) is 3.